The zero-order chi connectivity index (χ0) is 14.0. The molecule has 0 spiro atoms. The molecule has 0 bridgehead atoms. The first kappa shape index (κ1) is 12.6. The van der Waals surface area contributed by atoms with Gasteiger partial charge in [-0.15, -0.1) is 0 Å². The monoisotopic (exact) mass is 261 g/mol. The van der Waals surface area contributed by atoms with Crippen LogP contribution in [-0.4, -0.2) is 21.3 Å². The zero-order valence-electron chi connectivity index (χ0n) is 9.70. The number of aromatic hydroxyl groups is 3. The summed E-state index contributed by atoms with van der Waals surface area (Å²) < 4.78 is 4.87. The van der Waals surface area contributed by atoms with Crippen LogP contribution in [0.25, 0.3) is 0 Å². The topological polar surface area (TPSA) is 113 Å². The van der Waals surface area contributed by atoms with Crippen LogP contribution in [0.3, 0.4) is 0 Å². The highest BCUT2D eigenvalue weighted by Crippen LogP contribution is 2.39. The summed E-state index contributed by atoms with van der Waals surface area (Å²) in [6.07, 6.45) is 0. The van der Waals surface area contributed by atoms with Gasteiger partial charge in [0.25, 0.3) is 0 Å². The van der Waals surface area contributed by atoms with Crippen LogP contribution >= 0.6 is 0 Å². The van der Waals surface area contributed by atoms with Gasteiger partial charge in [-0.1, -0.05) is 0 Å². The lowest BCUT2D eigenvalue weighted by Crippen LogP contribution is -2.08. The Balaban J connectivity index is 2.26. The molecular formula is C13H11NO5. The summed E-state index contributed by atoms with van der Waals surface area (Å²) in [6, 6.07) is 7.84. The summed E-state index contributed by atoms with van der Waals surface area (Å²) in [5.41, 5.74) is 6.19. The smallest absolute Gasteiger partial charge is 0.343 e. The summed E-state index contributed by atoms with van der Waals surface area (Å²) in [5, 5.41) is 28.1. The Kier molecular flexibility index (Phi) is 3.15. The number of nitrogens with two attached hydrogens (primary N) is 1. The highest BCUT2D eigenvalue weighted by Gasteiger charge is 2.16. The Hall–Kier alpha value is -2.89. The molecule has 19 heavy (non-hydrogen) atoms. The molecule has 0 fully saturated rings. The van der Waals surface area contributed by atoms with Gasteiger partial charge in [0.05, 0.1) is 5.56 Å². The fraction of sp³-hybridized carbons (Fsp3) is 0. The largest absolute Gasteiger partial charge is 0.508 e. The van der Waals surface area contributed by atoms with Crippen LogP contribution in [-0.2, 0) is 0 Å². The minimum absolute atomic E-state index is 0.209. The minimum Gasteiger partial charge on any atom is -0.508 e. The number of benzene rings is 2. The Morgan fingerprint density at radius 2 is 1.53 bits per heavy atom. The molecular weight excluding hydrogens is 250 g/mol. The molecule has 0 aliphatic heterocycles. The number of carbonyl (C=O) groups is 1. The van der Waals surface area contributed by atoms with Gasteiger partial charge in [-0.05, 0) is 24.3 Å². The number of nitrogen functional groups attached to an aromatic ring is 1. The van der Waals surface area contributed by atoms with Crippen LogP contribution in [0.2, 0.25) is 0 Å². The van der Waals surface area contributed by atoms with E-state index in [0.717, 1.165) is 12.1 Å². The summed E-state index contributed by atoms with van der Waals surface area (Å²) in [5.74, 6) is -2.61. The highest BCUT2D eigenvalue weighted by atomic mass is 16.5. The molecule has 0 amide bonds. The Bertz CT molecular complexity index is 598. The molecule has 5 N–H and O–H groups in total. The van der Waals surface area contributed by atoms with Crippen molar-refractivity contribution in [3.8, 4) is 23.0 Å². The number of rotatable bonds is 2. The SMILES string of the molecule is Nc1ccc(C(=O)Oc2c(O)cc(O)cc2O)cc1. The quantitative estimate of drug-likeness (QED) is 0.371. The van der Waals surface area contributed by atoms with Crippen molar-refractivity contribution in [2.45, 2.75) is 0 Å². The summed E-state index contributed by atoms with van der Waals surface area (Å²) >= 11 is 0. The number of ether oxygens (including phenoxy) is 1. The molecule has 0 saturated carbocycles. The maximum Gasteiger partial charge on any atom is 0.343 e. The molecule has 0 aliphatic carbocycles. The molecule has 0 aliphatic rings. The third kappa shape index (κ3) is 2.68. The minimum atomic E-state index is -0.767. The number of esters is 1. The van der Waals surface area contributed by atoms with Gasteiger partial charge in [-0.2, -0.15) is 0 Å². The van der Waals surface area contributed by atoms with Gasteiger partial charge in [0.1, 0.15) is 5.75 Å². The molecule has 98 valence electrons. The number of phenols is 3. The van der Waals surface area contributed by atoms with E-state index in [1.165, 1.54) is 24.3 Å². The number of phenolic OH excluding ortho intramolecular Hbond substituents is 3. The maximum absolute atomic E-state index is 11.8. The van der Waals surface area contributed by atoms with E-state index in [1.807, 2.05) is 0 Å². The van der Waals surface area contributed by atoms with Gasteiger partial charge in [0.2, 0.25) is 5.75 Å². The van der Waals surface area contributed by atoms with Gasteiger partial charge < -0.3 is 25.8 Å². The van der Waals surface area contributed by atoms with Gasteiger partial charge in [0.15, 0.2) is 11.5 Å². The van der Waals surface area contributed by atoms with Crippen molar-refractivity contribution in [1.29, 1.82) is 0 Å². The Morgan fingerprint density at radius 3 is 2.05 bits per heavy atom. The molecule has 0 unspecified atom stereocenters. The van der Waals surface area contributed by atoms with E-state index in [2.05, 4.69) is 0 Å². The lowest BCUT2D eigenvalue weighted by Gasteiger charge is -2.08. The standard InChI is InChI=1S/C13H11NO5/c14-8-3-1-7(2-4-8)13(18)19-12-10(16)5-9(15)6-11(12)17/h1-6,15-17H,14H2. The Labute approximate surface area is 108 Å². The van der Waals surface area contributed by atoms with Crippen molar-refractivity contribution in [2.24, 2.45) is 0 Å². The predicted molar refractivity (Wildman–Crippen MR) is 67.2 cm³/mol. The first-order valence-electron chi connectivity index (χ1n) is 5.30. The van der Waals surface area contributed by atoms with Crippen LogP contribution < -0.4 is 10.5 Å². The molecule has 2 aromatic rings. The van der Waals surface area contributed by atoms with Gasteiger partial charge in [0, 0.05) is 17.8 Å². The molecule has 0 atom stereocenters. The van der Waals surface area contributed by atoms with E-state index in [-0.39, 0.29) is 11.3 Å². The van der Waals surface area contributed by atoms with Crippen molar-refractivity contribution in [1.82, 2.24) is 0 Å². The number of hydrogen-bond acceptors (Lipinski definition) is 6. The number of anilines is 1. The fourth-order valence-corrected chi connectivity index (χ4v) is 1.46. The van der Waals surface area contributed by atoms with Crippen molar-refractivity contribution < 1.29 is 24.9 Å². The van der Waals surface area contributed by atoms with E-state index in [0.29, 0.717) is 5.69 Å². The van der Waals surface area contributed by atoms with Gasteiger partial charge >= 0.3 is 5.97 Å². The summed E-state index contributed by atoms with van der Waals surface area (Å²) in [6.45, 7) is 0. The lowest BCUT2D eigenvalue weighted by molar-refractivity contribution is 0.0724. The number of carbonyl (C=O) groups excluding carboxylic acids is 1. The summed E-state index contributed by atoms with van der Waals surface area (Å²) in [7, 11) is 0. The van der Waals surface area contributed by atoms with E-state index in [9.17, 15) is 15.0 Å². The van der Waals surface area contributed by atoms with Crippen LogP contribution in [0.15, 0.2) is 36.4 Å². The average molecular weight is 261 g/mol. The molecule has 0 heterocycles. The van der Waals surface area contributed by atoms with Crippen molar-refractivity contribution >= 4 is 11.7 Å². The second-order valence-electron chi connectivity index (χ2n) is 3.82. The number of hydrogen-bond donors (Lipinski definition) is 4. The lowest BCUT2D eigenvalue weighted by atomic mass is 10.2. The zero-order valence-corrected chi connectivity index (χ0v) is 9.70. The van der Waals surface area contributed by atoms with E-state index in [4.69, 9.17) is 15.6 Å². The van der Waals surface area contributed by atoms with Crippen molar-refractivity contribution in [3.63, 3.8) is 0 Å². The van der Waals surface area contributed by atoms with Crippen molar-refractivity contribution in [3.05, 3.63) is 42.0 Å². The second kappa shape index (κ2) is 4.77. The van der Waals surface area contributed by atoms with Crippen molar-refractivity contribution in [2.75, 3.05) is 5.73 Å². The van der Waals surface area contributed by atoms with E-state index < -0.39 is 23.2 Å². The van der Waals surface area contributed by atoms with Gasteiger partial charge in [-0.25, -0.2) is 4.79 Å². The second-order valence-corrected chi connectivity index (χ2v) is 3.82. The predicted octanol–water partition coefficient (Wildman–Crippen LogP) is 1.60. The molecule has 0 saturated heterocycles. The van der Waals surface area contributed by atoms with Crippen LogP contribution in [0.1, 0.15) is 10.4 Å². The van der Waals surface area contributed by atoms with Crippen LogP contribution in [0.4, 0.5) is 5.69 Å². The fourth-order valence-electron chi connectivity index (χ4n) is 1.46. The first-order chi connectivity index (χ1) is 8.97. The molecule has 0 radical (unpaired) electrons. The highest BCUT2D eigenvalue weighted by molar-refractivity contribution is 5.92. The molecule has 2 aromatic carbocycles. The third-order valence-electron chi connectivity index (χ3n) is 2.38. The maximum atomic E-state index is 11.8. The molecule has 6 nitrogen and oxygen atoms in total. The third-order valence-corrected chi connectivity index (χ3v) is 2.38. The summed E-state index contributed by atoms with van der Waals surface area (Å²) in [4.78, 5) is 11.8. The van der Waals surface area contributed by atoms with Crippen LogP contribution in [0.5, 0.6) is 23.0 Å². The van der Waals surface area contributed by atoms with E-state index in [1.54, 1.807) is 0 Å². The average Bonchev–Trinajstić information content (AvgIpc) is 2.34. The van der Waals surface area contributed by atoms with Crippen LogP contribution in [0, 0.1) is 0 Å². The first-order valence-corrected chi connectivity index (χ1v) is 5.30. The van der Waals surface area contributed by atoms with Gasteiger partial charge in [-0.3, -0.25) is 0 Å². The molecule has 0 aromatic heterocycles. The molecule has 6 heteroatoms. The molecule has 2 rings (SSSR count). The van der Waals surface area contributed by atoms with E-state index >= 15 is 0 Å². The normalized spacial score (nSPS) is 10.1. The Morgan fingerprint density at radius 1 is 1.00 bits per heavy atom.